The van der Waals surface area contributed by atoms with Crippen molar-refractivity contribution in [3.63, 3.8) is 0 Å². The zero-order chi connectivity index (χ0) is 20.2. The molecule has 0 atom stereocenters. The van der Waals surface area contributed by atoms with E-state index in [1.54, 1.807) is 6.92 Å². The SMILES string of the molecule is CCN(CCNS(=O)(=O)c1cc(S(C)(=O)=O)ccc1C)c1cccc(C)c1. The minimum Gasteiger partial charge on any atom is -0.370 e. The maximum Gasteiger partial charge on any atom is 0.240 e. The van der Waals surface area contributed by atoms with Crippen LogP contribution in [0.5, 0.6) is 0 Å². The lowest BCUT2D eigenvalue weighted by atomic mass is 10.2. The van der Waals surface area contributed by atoms with E-state index < -0.39 is 19.9 Å². The fourth-order valence-electron chi connectivity index (χ4n) is 2.79. The normalized spacial score (nSPS) is 12.1. The number of rotatable bonds is 8. The summed E-state index contributed by atoms with van der Waals surface area (Å²) in [5, 5.41) is 0. The van der Waals surface area contributed by atoms with Gasteiger partial charge in [-0.1, -0.05) is 18.2 Å². The van der Waals surface area contributed by atoms with Crippen LogP contribution in [0, 0.1) is 13.8 Å². The van der Waals surface area contributed by atoms with Crippen molar-refractivity contribution >= 4 is 25.5 Å². The van der Waals surface area contributed by atoms with Gasteiger partial charge >= 0.3 is 0 Å². The van der Waals surface area contributed by atoms with Crippen LogP contribution in [-0.2, 0) is 19.9 Å². The first kappa shape index (κ1) is 21.4. The van der Waals surface area contributed by atoms with Gasteiger partial charge in [0.1, 0.15) is 0 Å². The molecule has 1 N–H and O–H groups in total. The predicted molar refractivity (Wildman–Crippen MR) is 109 cm³/mol. The average Bonchev–Trinajstić information content (AvgIpc) is 2.58. The van der Waals surface area contributed by atoms with Crippen LogP contribution >= 0.6 is 0 Å². The van der Waals surface area contributed by atoms with Gasteiger partial charge in [-0.2, -0.15) is 0 Å². The highest BCUT2D eigenvalue weighted by molar-refractivity contribution is 7.91. The van der Waals surface area contributed by atoms with Gasteiger partial charge in [-0.05, 0) is 56.2 Å². The van der Waals surface area contributed by atoms with E-state index in [9.17, 15) is 16.8 Å². The number of sulfonamides is 1. The molecule has 0 saturated heterocycles. The van der Waals surface area contributed by atoms with Crippen LogP contribution in [0.1, 0.15) is 18.1 Å². The van der Waals surface area contributed by atoms with Crippen molar-refractivity contribution in [3.8, 4) is 0 Å². The van der Waals surface area contributed by atoms with Gasteiger partial charge in [0.15, 0.2) is 9.84 Å². The van der Waals surface area contributed by atoms with Gasteiger partial charge in [0, 0.05) is 31.6 Å². The molecule has 0 heterocycles. The summed E-state index contributed by atoms with van der Waals surface area (Å²) in [4.78, 5) is 2.06. The molecule has 0 aromatic heterocycles. The Morgan fingerprint density at radius 1 is 1.00 bits per heavy atom. The minimum atomic E-state index is -3.81. The zero-order valence-corrected chi connectivity index (χ0v) is 17.7. The first-order valence-electron chi connectivity index (χ1n) is 8.66. The molecule has 0 aliphatic rings. The summed E-state index contributed by atoms with van der Waals surface area (Å²) >= 11 is 0. The van der Waals surface area contributed by atoms with Crippen LogP contribution in [0.3, 0.4) is 0 Å². The number of anilines is 1. The second-order valence-electron chi connectivity index (χ2n) is 6.52. The summed E-state index contributed by atoms with van der Waals surface area (Å²) in [6.07, 6.45) is 1.06. The van der Waals surface area contributed by atoms with E-state index in [1.165, 1.54) is 18.2 Å². The highest BCUT2D eigenvalue weighted by Gasteiger charge is 2.20. The smallest absolute Gasteiger partial charge is 0.240 e. The molecule has 0 aliphatic heterocycles. The average molecular weight is 411 g/mol. The molecule has 0 aliphatic carbocycles. The quantitative estimate of drug-likeness (QED) is 0.723. The van der Waals surface area contributed by atoms with Gasteiger partial charge in [0.05, 0.1) is 9.79 Å². The molecule has 0 fully saturated rings. The Balaban J connectivity index is 2.15. The number of hydrogen-bond acceptors (Lipinski definition) is 5. The molecular weight excluding hydrogens is 384 g/mol. The summed E-state index contributed by atoms with van der Waals surface area (Å²) < 4.78 is 51.4. The largest absolute Gasteiger partial charge is 0.370 e. The summed E-state index contributed by atoms with van der Waals surface area (Å²) in [7, 11) is -7.29. The molecule has 8 heteroatoms. The maximum atomic E-state index is 12.7. The molecule has 0 amide bonds. The van der Waals surface area contributed by atoms with E-state index in [0.717, 1.165) is 24.1 Å². The summed E-state index contributed by atoms with van der Waals surface area (Å²) in [6.45, 7) is 7.13. The summed E-state index contributed by atoms with van der Waals surface area (Å²) in [5.41, 5.74) is 2.67. The third kappa shape index (κ3) is 5.54. The summed E-state index contributed by atoms with van der Waals surface area (Å²) in [6, 6.07) is 12.2. The van der Waals surface area contributed by atoms with E-state index in [1.807, 2.05) is 32.0 Å². The summed E-state index contributed by atoms with van der Waals surface area (Å²) in [5.74, 6) is 0. The number of benzene rings is 2. The van der Waals surface area contributed by atoms with E-state index in [2.05, 4.69) is 15.7 Å². The van der Waals surface area contributed by atoms with Crippen molar-refractivity contribution in [3.05, 3.63) is 53.6 Å². The first-order chi connectivity index (χ1) is 12.5. The third-order valence-electron chi connectivity index (χ3n) is 4.30. The predicted octanol–water partition coefficient (Wildman–Crippen LogP) is 2.51. The Morgan fingerprint density at radius 2 is 1.70 bits per heavy atom. The number of likely N-dealkylation sites (N-methyl/N-ethyl adjacent to an activating group) is 1. The molecule has 0 spiro atoms. The van der Waals surface area contributed by atoms with Crippen molar-refractivity contribution in [1.82, 2.24) is 4.72 Å². The van der Waals surface area contributed by atoms with Crippen molar-refractivity contribution in [1.29, 1.82) is 0 Å². The van der Waals surface area contributed by atoms with Gasteiger partial charge in [0.2, 0.25) is 10.0 Å². The van der Waals surface area contributed by atoms with Gasteiger partial charge < -0.3 is 4.90 Å². The molecule has 0 bridgehead atoms. The third-order valence-corrected chi connectivity index (χ3v) is 7.01. The van der Waals surface area contributed by atoms with Gasteiger partial charge in [-0.15, -0.1) is 0 Å². The Kier molecular flexibility index (Phi) is 6.67. The van der Waals surface area contributed by atoms with E-state index in [-0.39, 0.29) is 16.3 Å². The minimum absolute atomic E-state index is 0.0102. The number of sulfone groups is 1. The Morgan fingerprint density at radius 3 is 2.30 bits per heavy atom. The van der Waals surface area contributed by atoms with Crippen molar-refractivity contribution < 1.29 is 16.8 Å². The second-order valence-corrected chi connectivity index (χ2v) is 10.3. The fraction of sp³-hybridized carbons (Fsp3) is 0.368. The topological polar surface area (TPSA) is 83.6 Å². The first-order valence-corrected chi connectivity index (χ1v) is 12.0. The lowest BCUT2D eigenvalue weighted by Crippen LogP contribution is -2.35. The molecule has 2 aromatic carbocycles. The fourth-order valence-corrected chi connectivity index (χ4v) is 4.80. The second kappa shape index (κ2) is 8.41. The Bertz CT molecular complexity index is 1020. The van der Waals surface area contributed by atoms with E-state index >= 15 is 0 Å². The zero-order valence-electron chi connectivity index (χ0n) is 16.1. The number of hydrogen-bond donors (Lipinski definition) is 1. The monoisotopic (exact) mass is 410 g/mol. The standard InChI is InChI=1S/C19H26N2O4S2/c1-5-21(17-8-6-7-15(2)13-17)12-11-20-27(24,25)19-14-18(26(4,22)23)10-9-16(19)3/h6-10,13-14,20H,5,11-12H2,1-4H3. The molecule has 2 aromatic rings. The molecule has 0 unspecified atom stereocenters. The lowest BCUT2D eigenvalue weighted by molar-refractivity contribution is 0.580. The van der Waals surface area contributed by atoms with Crippen LogP contribution in [-0.4, -0.2) is 42.7 Å². The van der Waals surface area contributed by atoms with Crippen LogP contribution in [0.4, 0.5) is 5.69 Å². The van der Waals surface area contributed by atoms with Gasteiger partial charge in [-0.25, -0.2) is 21.6 Å². The number of nitrogens with zero attached hydrogens (tertiary/aromatic N) is 1. The van der Waals surface area contributed by atoms with Crippen molar-refractivity contribution in [2.45, 2.75) is 30.6 Å². The molecule has 0 saturated carbocycles. The lowest BCUT2D eigenvalue weighted by Gasteiger charge is -2.23. The van der Waals surface area contributed by atoms with E-state index in [0.29, 0.717) is 12.1 Å². The van der Waals surface area contributed by atoms with Crippen LogP contribution in [0.15, 0.2) is 52.3 Å². The molecular formula is C19H26N2O4S2. The number of aryl methyl sites for hydroxylation is 2. The molecule has 6 nitrogen and oxygen atoms in total. The highest BCUT2D eigenvalue weighted by atomic mass is 32.2. The highest BCUT2D eigenvalue weighted by Crippen LogP contribution is 2.20. The van der Waals surface area contributed by atoms with Crippen molar-refractivity contribution in [2.75, 3.05) is 30.8 Å². The van der Waals surface area contributed by atoms with E-state index in [4.69, 9.17) is 0 Å². The van der Waals surface area contributed by atoms with Gasteiger partial charge in [0.25, 0.3) is 0 Å². The molecule has 148 valence electrons. The number of nitrogens with one attached hydrogen (secondary N) is 1. The molecule has 27 heavy (non-hydrogen) atoms. The van der Waals surface area contributed by atoms with Crippen LogP contribution in [0.2, 0.25) is 0 Å². The molecule has 0 radical (unpaired) electrons. The molecule has 2 rings (SSSR count). The maximum absolute atomic E-state index is 12.7. The Labute approximate surface area is 162 Å². The van der Waals surface area contributed by atoms with Gasteiger partial charge in [-0.3, -0.25) is 0 Å². The van der Waals surface area contributed by atoms with Crippen LogP contribution in [0.25, 0.3) is 0 Å². The Hall–Kier alpha value is -1.90. The van der Waals surface area contributed by atoms with Crippen LogP contribution < -0.4 is 9.62 Å². The van der Waals surface area contributed by atoms with Crippen molar-refractivity contribution in [2.24, 2.45) is 0 Å².